The Kier molecular flexibility index (Phi) is 4.65. The molecule has 7 nitrogen and oxygen atoms in total. The van der Waals surface area contributed by atoms with Gasteiger partial charge in [-0.3, -0.25) is 19.4 Å². The van der Waals surface area contributed by atoms with E-state index in [1.54, 1.807) is 17.3 Å². The fourth-order valence-corrected chi connectivity index (χ4v) is 6.21. The summed E-state index contributed by atoms with van der Waals surface area (Å²) in [6.45, 7) is 5.16. The highest BCUT2D eigenvalue weighted by molar-refractivity contribution is 6.31. The van der Waals surface area contributed by atoms with Crippen molar-refractivity contribution in [2.45, 2.75) is 19.3 Å². The highest BCUT2D eigenvalue weighted by atomic mass is 35.5. The topological polar surface area (TPSA) is 69.6 Å². The number of carbonyl (C=O) groups is 2. The molecule has 2 bridgehead atoms. The summed E-state index contributed by atoms with van der Waals surface area (Å²) in [7, 11) is 0. The molecule has 0 radical (unpaired) electrons. The van der Waals surface area contributed by atoms with Gasteiger partial charge in [-0.05, 0) is 49.1 Å². The molecule has 0 spiro atoms. The number of amides is 2. The van der Waals surface area contributed by atoms with Crippen LogP contribution in [-0.4, -0.2) is 70.9 Å². The molecule has 6 aliphatic rings. The predicted molar refractivity (Wildman–Crippen MR) is 116 cm³/mol. The highest BCUT2D eigenvalue weighted by Gasteiger charge is 2.61. The summed E-state index contributed by atoms with van der Waals surface area (Å²) in [5.41, 5.74) is 1.99. The molecule has 3 heterocycles. The number of halogens is 1. The quantitative estimate of drug-likeness (QED) is 0.499. The summed E-state index contributed by atoms with van der Waals surface area (Å²) in [5.74, 6) is 2.03. The van der Waals surface area contributed by atoms with E-state index >= 15 is 0 Å². The van der Waals surface area contributed by atoms with E-state index in [4.69, 9.17) is 11.6 Å². The van der Waals surface area contributed by atoms with E-state index in [1.807, 2.05) is 0 Å². The maximum atomic E-state index is 13.0. The Hall–Kier alpha value is -2.25. The van der Waals surface area contributed by atoms with Crippen LogP contribution in [0.4, 0.5) is 5.82 Å². The van der Waals surface area contributed by atoms with Gasteiger partial charge in [-0.25, -0.2) is 9.97 Å². The maximum Gasteiger partial charge on any atom is 0.257 e. The summed E-state index contributed by atoms with van der Waals surface area (Å²) >= 11 is 6.16. The average molecular weight is 440 g/mol. The van der Waals surface area contributed by atoms with Crippen molar-refractivity contribution in [3.63, 3.8) is 0 Å². The van der Waals surface area contributed by atoms with Crippen molar-refractivity contribution in [1.29, 1.82) is 0 Å². The van der Waals surface area contributed by atoms with E-state index in [0.717, 1.165) is 63.4 Å². The van der Waals surface area contributed by atoms with Gasteiger partial charge < -0.3 is 4.90 Å². The van der Waals surface area contributed by atoms with E-state index in [1.165, 1.54) is 5.57 Å². The van der Waals surface area contributed by atoms with Gasteiger partial charge in [-0.1, -0.05) is 23.8 Å². The number of unbranched alkanes of at least 4 members (excludes halogenated alkanes) is 1. The molecule has 1 aromatic rings. The predicted octanol–water partition coefficient (Wildman–Crippen LogP) is 2.15. The number of hydrogen-bond acceptors (Lipinski definition) is 6. The molecule has 162 valence electrons. The number of carbonyl (C=O) groups excluding carboxylic acids is 2. The molecule has 31 heavy (non-hydrogen) atoms. The van der Waals surface area contributed by atoms with Crippen LogP contribution in [0.25, 0.3) is 0 Å². The number of imide groups is 1. The zero-order valence-corrected chi connectivity index (χ0v) is 18.2. The second-order valence-corrected chi connectivity index (χ2v) is 9.65. The van der Waals surface area contributed by atoms with Gasteiger partial charge in [0.15, 0.2) is 11.0 Å². The number of anilines is 1. The second kappa shape index (κ2) is 7.41. The fourth-order valence-electron chi connectivity index (χ4n) is 5.98. The number of nitrogens with zero attached hydrogens (tertiary/aromatic N) is 5. The van der Waals surface area contributed by atoms with Crippen LogP contribution in [-0.2, 0) is 9.59 Å². The average Bonchev–Trinajstić information content (AvgIpc) is 3.57. The minimum Gasteiger partial charge on any atom is -0.351 e. The summed E-state index contributed by atoms with van der Waals surface area (Å²) in [5, 5.41) is 0.452. The summed E-state index contributed by atoms with van der Waals surface area (Å²) in [4.78, 5) is 40.6. The largest absolute Gasteiger partial charge is 0.351 e. The van der Waals surface area contributed by atoms with Gasteiger partial charge in [-0.15, -0.1) is 0 Å². The molecule has 8 heteroatoms. The van der Waals surface area contributed by atoms with Crippen LogP contribution >= 0.6 is 11.6 Å². The van der Waals surface area contributed by atoms with E-state index in [-0.39, 0.29) is 23.7 Å². The van der Waals surface area contributed by atoms with Gasteiger partial charge in [0, 0.05) is 50.7 Å². The molecule has 7 rings (SSSR count). The van der Waals surface area contributed by atoms with Crippen molar-refractivity contribution in [2.24, 2.45) is 23.7 Å². The fraction of sp³-hybridized carbons (Fsp3) is 0.565. The minimum atomic E-state index is -0.183. The van der Waals surface area contributed by atoms with Crippen molar-refractivity contribution < 1.29 is 9.59 Å². The Labute approximate surface area is 186 Å². The van der Waals surface area contributed by atoms with Gasteiger partial charge in [0.2, 0.25) is 5.91 Å². The van der Waals surface area contributed by atoms with Crippen molar-refractivity contribution in [3.8, 4) is 0 Å². The van der Waals surface area contributed by atoms with Crippen LogP contribution in [0.5, 0.6) is 0 Å². The molecule has 4 atom stereocenters. The van der Waals surface area contributed by atoms with Crippen molar-refractivity contribution in [3.05, 3.63) is 40.8 Å². The van der Waals surface area contributed by atoms with E-state index < -0.39 is 0 Å². The van der Waals surface area contributed by atoms with Gasteiger partial charge in [0.05, 0.1) is 5.92 Å². The van der Waals surface area contributed by atoms with Crippen molar-refractivity contribution in [1.82, 2.24) is 19.8 Å². The third kappa shape index (κ3) is 3.12. The zero-order valence-electron chi connectivity index (χ0n) is 17.4. The minimum absolute atomic E-state index is 0.0147. The summed E-state index contributed by atoms with van der Waals surface area (Å²) < 4.78 is 0. The smallest absolute Gasteiger partial charge is 0.257 e. The van der Waals surface area contributed by atoms with Gasteiger partial charge >= 0.3 is 0 Å². The Balaban J connectivity index is 0.990. The lowest BCUT2D eigenvalue weighted by molar-refractivity contribution is -0.139. The van der Waals surface area contributed by atoms with E-state index in [0.29, 0.717) is 23.5 Å². The first-order valence-corrected chi connectivity index (χ1v) is 11.7. The van der Waals surface area contributed by atoms with Crippen molar-refractivity contribution in [2.75, 3.05) is 44.2 Å². The molecule has 0 aromatic carbocycles. The molecular weight excluding hydrogens is 414 g/mol. The Morgan fingerprint density at radius 2 is 1.81 bits per heavy atom. The number of hydrogen-bond donors (Lipinski definition) is 0. The standard InChI is InChI=1S/C23H26ClN5O2/c24-20-21(26-6-5-25-20)28-11-9-27(10-12-28)7-1-2-8-29-22(30)18-14-3-4-15(17-13-16(14)17)19(18)23(29)31/h3-6,14,16-18H,1-2,7-13H2. The molecule has 2 aliphatic heterocycles. The molecule has 3 fully saturated rings. The van der Waals surface area contributed by atoms with Crippen LogP contribution in [0.15, 0.2) is 35.7 Å². The Morgan fingerprint density at radius 1 is 1.03 bits per heavy atom. The number of piperazine rings is 1. The molecule has 4 unspecified atom stereocenters. The lowest BCUT2D eigenvalue weighted by atomic mass is 9.71. The summed E-state index contributed by atoms with van der Waals surface area (Å²) in [6, 6.07) is 0. The van der Waals surface area contributed by atoms with Crippen LogP contribution in [0.3, 0.4) is 0 Å². The van der Waals surface area contributed by atoms with Crippen LogP contribution in [0, 0.1) is 23.7 Å². The van der Waals surface area contributed by atoms with Gasteiger partial charge in [0.25, 0.3) is 5.91 Å². The highest BCUT2D eigenvalue weighted by Crippen LogP contribution is 2.62. The molecule has 1 saturated carbocycles. The first kappa shape index (κ1) is 19.4. The molecule has 1 aromatic heterocycles. The number of rotatable bonds is 6. The van der Waals surface area contributed by atoms with Crippen LogP contribution in [0.2, 0.25) is 5.15 Å². The van der Waals surface area contributed by atoms with Gasteiger partial charge in [-0.2, -0.15) is 0 Å². The molecule has 2 saturated heterocycles. The third-order valence-electron chi connectivity index (χ3n) is 7.66. The first-order valence-electron chi connectivity index (χ1n) is 11.4. The zero-order chi connectivity index (χ0) is 21.1. The number of aromatic nitrogens is 2. The van der Waals surface area contributed by atoms with E-state index in [9.17, 15) is 9.59 Å². The second-order valence-electron chi connectivity index (χ2n) is 9.29. The Morgan fingerprint density at radius 3 is 2.61 bits per heavy atom. The number of likely N-dealkylation sites (tertiary alicyclic amines) is 1. The van der Waals surface area contributed by atoms with Crippen LogP contribution < -0.4 is 4.90 Å². The monoisotopic (exact) mass is 439 g/mol. The summed E-state index contributed by atoms with van der Waals surface area (Å²) in [6.07, 6.45) is 10.6. The lowest BCUT2D eigenvalue weighted by Gasteiger charge is -2.35. The third-order valence-corrected chi connectivity index (χ3v) is 7.93. The maximum absolute atomic E-state index is 13.0. The molecular formula is C23H26ClN5O2. The SMILES string of the molecule is O=C1C2=C3C=CC(C2C(=O)N1CCCCN1CCN(c2nccnc2Cl)CC1)C1CC31. The Bertz CT molecular complexity index is 999. The van der Waals surface area contributed by atoms with Crippen molar-refractivity contribution >= 4 is 29.2 Å². The molecule has 4 aliphatic carbocycles. The number of allylic oxidation sites excluding steroid dienone is 3. The molecule has 0 N–H and O–H groups in total. The first-order chi connectivity index (χ1) is 15.1. The van der Waals surface area contributed by atoms with Crippen LogP contribution in [0.1, 0.15) is 19.3 Å². The van der Waals surface area contributed by atoms with Gasteiger partial charge in [0.1, 0.15) is 0 Å². The molecule has 2 amide bonds. The normalized spacial score (nSPS) is 31.5. The lowest BCUT2D eigenvalue weighted by Crippen LogP contribution is -2.47. The van der Waals surface area contributed by atoms with E-state index in [2.05, 4.69) is 31.9 Å².